The summed E-state index contributed by atoms with van der Waals surface area (Å²) in [6, 6.07) is 57.4. The van der Waals surface area contributed by atoms with Gasteiger partial charge in [-0.05, 0) is 59.3 Å². The van der Waals surface area contributed by atoms with Crippen LogP contribution in [0.2, 0.25) is 0 Å². The minimum Gasteiger partial charge on any atom is -0.308 e. The molecule has 0 radical (unpaired) electrons. The van der Waals surface area contributed by atoms with Crippen LogP contribution in [0.1, 0.15) is 0 Å². The quantitative estimate of drug-likeness (QED) is 0.169. The van der Waals surface area contributed by atoms with E-state index in [1.165, 1.54) is 69.0 Å². The highest BCUT2D eigenvalue weighted by molar-refractivity contribution is 7.25. The molecule has 8 aromatic carbocycles. The van der Waals surface area contributed by atoms with E-state index in [-0.39, 0.29) is 0 Å². The zero-order chi connectivity index (χ0) is 34.4. The summed E-state index contributed by atoms with van der Waals surface area (Å²) in [4.78, 5) is 11.2. The van der Waals surface area contributed by atoms with Crippen LogP contribution < -0.4 is 0 Å². The summed E-state index contributed by atoms with van der Waals surface area (Å²) in [5.41, 5.74) is 9.59. The average Bonchev–Trinajstić information content (AvgIpc) is 3.85. The molecule has 244 valence electrons. The van der Waals surface area contributed by atoms with Crippen molar-refractivity contribution in [1.29, 1.82) is 0 Å². The third kappa shape index (κ3) is 3.54. The maximum absolute atomic E-state index is 5.67. The van der Waals surface area contributed by atoms with Crippen molar-refractivity contribution in [3.05, 3.63) is 158 Å². The molecule has 0 aliphatic rings. The Bertz CT molecular complexity index is 3700. The van der Waals surface area contributed by atoms with E-state index in [2.05, 4.69) is 167 Å². The molecule has 0 N–H and O–H groups in total. The molecule has 0 unspecified atom stereocenters. The van der Waals surface area contributed by atoms with Crippen molar-refractivity contribution < 1.29 is 0 Å². The van der Waals surface area contributed by atoms with E-state index < -0.39 is 0 Å². The molecule has 53 heavy (non-hydrogen) atoms. The van der Waals surface area contributed by atoms with Gasteiger partial charge in [-0.15, -0.1) is 11.3 Å². The summed E-state index contributed by atoms with van der Waals surface area (Å²) < 4.78 is 7.43. The highest BCUT2D eigenvalue weighted by Gasteiger charge is 2.25. The lowest BCUT2D eigenvalue weighted by Crippen LogP contribution is -2.04. The number of benzene rings is 8. The van der Waals surface area contributed by atoms with Crippen molar-refractivity contribution in [2.45, 2.75) is 0 Å². The van der Waals surface area contributed by atoms with Crippen LogP contribution in [-0.4, -0.2) is 18.9 Å². The number of thiophene rings is 1. The molecule has 0 bridgehead atoms. The molecule has 0 saturated carbocycles. The van der Waals surface area contributed by atoms with Crippen LogP contribution in [-0.2, 0) is 0 Å². The Balaban J connectivity index is 1.24. The number of aromatic nitrogens is 4. The molecular formula is C48H26N4S. The Morgan fingerprint density at radius 1 is 0.434 bits per heavy atom. The van der Waals surface area contributed by atoms with E-state index in [9.17, 15) is 0 Å². The molecule has 0 saturated heterocycles. The van der Waals surface area contributed by atoms with E-state index in [4.69, 9.17) is 9.97 Å². The van der Waals surface area contributed by atoms with Gasteiger partial charge in [0.1, 0.15) is 5.69 Å². The largest absolute Gasteiger partial charge is 0.308 e. The van der Waals surface area contributed by atoms with E-state index in [0.717, 1.165) is 49.9 Å². The van der Waals surface area contributed by atoms with Crippen molar-refractivity contribution >= 4 is 113 Å². The Morgan fingerprint density at radius 3 is 2.02 bits per heavy atom. The van der Waals surface area contributed by atoms with E-state index in [1.54, 1.807) is 0 Å². The van der Waals surface area contributed by atoms with Crippen LogP contribution in [0.15, 0.2) is 158 Å². The lowest BCUT2D eigenvalue weighted by Gasteiger charge is -2.15. The van der Waals surface area contributed by atoms with Crippen LogP contribution in [0.25, 0.3) is 119 Å². The predicted molar refractivity (Wildman–Crippen MR) is 224 cm³/mol. The van der Waals surface area contributed by atoms with Gasteiger partial charge in [0.2, 0.25) is 0 Å². The fraction of sp³-hybridized carbons (Fsp3) is 0. The predicted octanol–water partition coefficient (Wildman–Crippen LogP) is 13.1. The van der Waals surface area contributed by atoms with Gasteiger partial charge >= 0.3 is 0 Å². The molecule has 0 aliphatic carbocycles. The number of nitrogens with zero attached hydrogens (tertiary/aromatic N) is 4. The molecule has 0 aliphatic heterocycles. The van der Waals surface area contributed by atoms with Gasteiger partial charge in [-0.1, -0.05) is 109 Å². The summed E-state index contributed by atoms with van der Waals surface area (Å²) in [5.74, 6) is 0.832. The molecule has 5 heteroatoms. The van der Waals surface area contributed by atoms with Gasteiger partial charge in [0.25, 0.3) is 0 Å². The Kier molecular flexibility index (Phi) is 5.22. The molecule has 4 nitrogen and oxygen atoms in total. The minimum atomic E-state index is 0.832. The summed E-state index contributed by atoms with van der Waals surface area (Å²) in [5, 5.41) is 12.2. The maximum Gasteiger partial charge on any atom is 0.165 e. The first-order chi connectivity index (χ1) is 26.3. The van der Waals surface area contributed by atoms with Crippen LogP contribution in [0.3, 0.4) is 0 Å². The summed E-state index contributed by atoms with van der Waals surface area (Å²) >= 11 is 1.84. The summed E-state index contributed by atoms with van der Waals surface area (Å²) in [6.45, 7) is 0. The van der Waals surface area contributed by atoms with Crippen molar-refractivity contribution in [1.82, 2.24) is 18.9 Å². The minimum absolute atomic E-state index is 0.832. The zero-order valence-corrected chi connectivity index (χ0v) is 29.0. The summed E-state index contributed by atoms with van der Waals surface area (Å²) in [6.07, 6.45) is 0. The third-order valence-electron chi connectivity index (χ3n) is 11.4. The average molecular weight is 691 g/mol. The van der Waals surface area contributed by atoms with Gasteiger partial charge in [-0.2, -0.15) is 0 Å². The van der Waals surface area contributed by atoms with E-state index >= 15 is 0 Å². The lowest BCUT2D eigenvalue weighted by atomic mass is 10.0. The lowest BCUT2D eigenvalue weighted by molar-refractivity contribution is 1.08. The van der Waals surface area contributed by atoms with Crippen LogP contribution in [0.5, 0.6) is 0 Å². The standard InChI is InChI=1S/C48H26N4S/c1-2-11-29-27(10-1)22-24-36-46(29)50-48(45(49-36)28-23-25-42-35(26-28)31-13-4-6-21-41(31)53-42)52-38-18-8-14-32-34-16-7-15-33-30-12-3-5-17-37(30)51(47(33)34)39-19-9-20-40(52)44(39)43(32)38/h1-26H. The second-order valence-electron chi connectivity index (χ2n) is 14.1. The van der Waals surface area contributed by atoms with Crippen molar-refractivity contribution in [3.63, 3.8) is 0 Å². The number of rotatable bonds is 2. The van der Waals surface area contributed by atoms with Crippen molar-refractivity contribution in [2.75, 3.05) is 0 Å². The summed E-state index contributed by atoms with van der Waals surface area (Å²) in [7, 11) is 0. The molecule has 0 fully saturated rings. The molecule has 13 aromatic rings. The van der Waals surface area contributed by atoms with Gasteiger partial charge in [-0.25, -0.2) is 9.97 Å². The van der Waals surface area contributed by atoms with E-state index in [0.29, 0.717) is 0 Å². The molecule has 5 heterocycles. The first-order valence-electron chi connectivity index (χ1n) is 18.0. The first-order valence-corrected chi connectivity index (χ1v) is 18.8. The van der Waals surface area contributed by atoms with Gasteiger partial charge < -0.3 is 4.40 Å². The fourth-order valence-corrected chi connectivity index (χ4v) is 10.3. The smallest absolute Gasteiger partial charge is 0.165 e. The monoisotopic (exact) mass is 690 g/mol. The normalized spacial score (nSPS) is 12.5. The number of fused-ring (bicyclic) bond motifs is 11. The van der Waals surface area contributed by atoms with Crippen molar-refractivity contribution in [3.8, 4) is 17.1 Å². The third-order valence-corrected chi connectivity index (χ3v) is 12.6. The SMILES string of the molecule is c1ccc2c(c1)ccc1nc(-c3ccc4sc5ccccc5c4c3)c(-n3c4cccc5c6cccc7c8ccccc8n(c8cccc3c8c54)c67)nc12. The zero-order valence-electron chi connectivity index (χ0n) is 28.2. The molecule has 5 aromatic heterocycles. The van der Waals surface area contributed by atoms with Gasteiger partial charge in [0.05, 0.1) is 38.6 Å². The molecule has 0 spiro atoms. The maximum atomic E-state index is 5.67. The highest BCUT2D eigenvalue weighted by atomic mass is 32.1. The Morgan fingerprint density at radius 2 is 1.09 bits per heavy atom. The Labute approximate surface area is 305 Å². The Hall–Kier alpha value is -6.82. The van der Waals surface area contributed by atoms with Crippen LogP contribution in [0, 0.1) is 0 Å². The highest BCUT2D eigenvalue weighted by Crippen LogP contribution is 2.45. The number of hydrogen-bond acceptors (Lipinski definition) is 3. The molecular weight excluding hydrogens is 665 g/mol. The van der Waals surface area contributed by atoms with Crippen molar-refractivity contribution in [2.24, 2.45) is 0 Å². The van der Waals surface area contributed by atoms with Crippen LogP contribution in [0.4, 0.5) is 0 Å². The fourth-order valence-electron chi connectivity index (χ4n) is 9.22. The molecule has 0 amide bonds. The van der Waals surface area contributed by atoms with Crippen LogP contribution >= 0.6 is 11.3 Å². The van der Waals surface area contributed by atoms with Gasteiger partial charge in [-0.3, -0.25) is 4.57 Å². The second-order valence-corrected chi connectivity index (χ2v) is 15.2. The first kappa shape index (κ1) is 27.8. The van der Waals surface area contributed by atoms with Gasteiger partial charge in [0, 0.05) is 58.1 Å². The van der Waals surface area contributed by atoms with E-state index in [1.807, 2.05) is 11.3 Å². The number of hydrogen-bond donors (Lipinski definition) is 0. The molecule has 0 atom stereocenters. The molecule has 13 rings (SSSR count). The number of para-hydroxylation sites is 2. The van der Waals surface area contributed by atoms with Gasteiger partial charge in [0.15, 0.2) is 5.82 Å². The second kappa shape index (κ2) is 9.94. The topological polar surface area (TPSA) is 35.1 Å².